The van der Waals surface area contributed by atoms with Gasteiger partial charge in [0, 0.05) is 85.0 Å². The largest absolute Gasteiger partial charge is 0.374 e. The van der Waals surface area contributed by atoms with Crippen LogP contribution < -0.4 is 20.9 Å². The number of carbonyl (C=O) groups excluding carboxylic acids is 5. The molecule has 16 nitrogen and oxygen atoms in total. The van der Waals surface area contributed by atoms with Gasteiger partial charge in [-0.05, 0) is 98.6 Å². The zero-order valence-corrected chi connectivity index (χ0v) is 36.3. The molecule has 2 atom stereocenters. The van der Waals surface area contributed by atoms with E-state index in [2.05, 4.69) is 35.7 Å². The van der Waals surface area contributed by atoms with Crippen molar-refractivity contribution in [2.45, 2.75) is 69.6 Å². The molecule has 0 bridgehead atoms. The molecule has 65 heavy (non-hydrogen) atoms. The Morgan fingerprint density at radius 3 is 2.45 bits per heavy atom. The highest BCUT2D eigenvalue weighted by Crippen LogP contribution is 2.38. The maximum Gasteiger partial charge on any atom is 0.255 e. The standard InChI is InChI=1S/C46H47F2N11O5S/c47-34-21-29(20-32-33(34)24-59(45(32)64)42(44(63)54-46-49-11-19-65-46)41-37-2-1-12-58(37)26-51-41)28-3-7-38(50-23-28)56-15-17-57(18-16-56)40(61)25-55-13-9-27(10-14-55)31-5-4-30(22-35(31)48)52-36-6-8-39(60)53-43(36)62/h3-5,7,11,19-23,26-27,36,42,52H,1-2,6,8-10,12-18,24-25H2,(H,49,54,63)(H,53,60,62). The molecular formula is C46H47F2N11O5S. The zero-order chi connectivity index (χ0) is 44.8. The minimum absolute atomic E-state index is 0.0177. The molecule has 5 amide bonds. The van der Waals surface area contributed by atoms with E-state index < -0.39 is 35.6 Å². The fourth-order valence-electron chi connectivity index (χ4n) is 9.77. The van der Waals surface area contributed by atoms with Crippen LogP contribution in [0.3, 0.4) is 0 Å². The molecule has 0 radical (unpaired) electrons. The van der Waals surface area contributed by atoms with Crippen molar-refractivity contribution < 1.29 is 32.8 Å². The zero-order valence-electron chi connectivity index (χ0n) is 35.5. The summed E-state index contributed by atoms with van der Waals surface area (Å²) in [7, 11) is 0. The molecule has 0 spiro atoms. The number of benzene rings is 2. The number of thiazole rings is 1. The number of likely N-dealkylation sites (tertiary alicyclic amines) is 1. The monoisotopic (exact) mass is 903 g/mol. The van der Waals surface area contributed by atoms with Crippen molar-refractivity contribution in [1.29, 1.82) is 0 Å². The van der Waals surface area contributed by atoms with Crippen molar-refractivity contribution in [3.8, 4) is 11.1 Å². The smallest absolute Gasteiger partial charge is 0.255 e. The summed E-state index contributed by atoms with van der Waals surface area (Å²) in [6.07, 6.45) is 8.59. The van der Waals surface area contributed by atoms with E-state index in [-0.39, 0.29) is 47.6 Å². The topological polar surface area (TPSA) is 178 Å². The number of anilines is 3. The first kappa shape index (κ1) is 42.4. The third-order valence-corrected chi connectivity index (χ3v) is 14.0. The van der Waals surface area contributed by atoms with Crippen LogP contribution in [0.5, 0.6) is 0 Å². The SMILES string of the molecule is O=C1CCC(Nc2ccc(C3CCN(CC(=O)N4CCN(c5ccc(-c6cc(F)c7c(c6)C(=O)N(C(C(=O)Nc6nccs6)c6ncn8c6CCC8)C7)cn5)CC4)CC3)c(F)c2)C(=O)N1. The molecule has 5 aliphatic heterocycles. The molecule has 5 aliphatic rings. The lowest BCUT2D eigenvalue weighted by molar-refractivity contribution is -0.134. The Bertz CT molecular complexity index is 2660. The van der Waals surface area contributed by atoms with Gasteiger partial charge < -0.3 is 24.6 Å². The van der Waals surface area contributed by atoms with Gasteiger partial charge in [-0.25, -0.2) is 23.7 Å². The van der Waals surface area contributed by atoms with Crippen LogP contribution in [0.25, 0.3) is 11.1 Å². The Morgan fingerprint density at radius 2 is 1.71 bits per heavy atom. The number of amides is 5. The lowest BCUT2D eigenvalue weighted by atomic mass is 9.89. The van der Waals surface area contributed by atoms with Crippen LogP contribution in [0.15, 0.2) is 66.6 Å². The average molecular weight is 904 g/mol. The highest BCUT2D eigenvalue weighted by molar-refractivity contribution is 7.13. The molecule has 3 N–H and O–H groups in total. The molecule has 19 heteroatoms. The van der Waals surface area contributed by atoms with Gasteiger partial charge in [-0.15, -0.1) is 11.3 Å². The summed E-state index contributed by atoms with van der Waals surface area (Å²) in [4.78, 5) is 85.9. The fourth-order valence-corrected chi connectivity index (χ4v) is 10.3. The second-order valence-corrected chi connectivity index (χ2v) is 18.1. The number of pyridine rings is 1. The third kappa shape index (κ3) is 8.57. The summed E-state index contributed by atoms with van der Waals surface area (Å²) in [5.74, 6) is -1.72. The van der Waals surface area contributed by atoms with E-state index >= 15 is 8.78 Å². The maximum atomic E-state index is 15.9. The van der Waals surface area contributed by atoms with Gasteiger partial charge in [-0.2, -0.15) is 0 Å². The Balaban J connectivity index is 0.725. The molecule has 10 rings (SSSR count). The predicted octanol–water partition coefficient (Wildman–Crippen LogP) is 4.71. The van der Waals surface area contributed by atoms with Gasteiger partial charge >= 0.3 is 0 Å². The number of halogens is 2. The van der Waals surface area contributed by atoms with Crippen LogP contribution in [-0.4, -0.2) is 116 Å². The van der Waals surface area contributed by atoms with Crippen LogP contribution in [-0.2, 0) is 38.7 Å². The Hall–Kier alpha value is -6.60. The predicted molar refractivity (Wildman–Crippen MR) is 237 cm³/mol. The number of nitrogens with zero attached hydrogens (tertiary/aromatic N) is 8. The second kappa shape index (κ2) is 17.8. The van der Waals surface area contributed by atoms with E-state index in [1.54, 1.807) is 42.3 Å². The Labute approximate surface area is 377 Å². The number of rotatable bonds is 11. The van der Waals surface area contributed by atoms with E-state index in [9.17, 15) is 24.0 Å². The van der Waals surface area contributed by atoms with Crippen molar-refractivity contribution in [3.05, 3.63) is 106 Å². The van der Waals surface area contributed by atoms with Crippen molar-refractivity contribution >= 4 is 57.5 Å². The summed E-state index contributed by atoms with van der Waals surface area (Å²) in [6, 6.07) is 10.1. The minimum atomic E-state index is -1.08. The molecule has 2 unspecified atom stereocenters. The number of hydrogen-bond acceptors (Lipinski definition) is 12. The van der Waals surface area contributed by atoms with E-state index in [4.69, 9.17) is 4.98 Å². The molecule has 3 saturated heterocycles. The van der Waals surface area contributed by atoms with Gasteiger partial charge in [0.15, 0.2) is 11.2 Å². The summed E-state index contributed by atoms with van der Waals surface area (Å²) < 4.78 is 33.2. The molecule has 0 aliphatic carbocycles. The summed E-state index contributed by atoms with van der Waals surface area (Å²) in [5, 5.41) is 10.3. The van der Waals surface area contributed by atoms with Crippen LogP contribution >= 0.6 is 11.3 Å². The van der Waals surface area contributed by atoms with Gasteiger partial charge in [-0.1, -0.05) is 6.07 Å². The maximum absolute atomic E-state index is 15.9. The van der Waals surface area contributed by atoms with Crippen LogP contribution in [0.2, 0.25) is 0 Å². The van der Waals surface area contributed by atoms with Crippen molar-refractivity contribution in [2.75, 3.05) is 61.3 Å². The first-order chi connectivity index (χ1) is 31.6. The summed E-state index contributed by atoms with van der Waals surface area (Å²) >= 11 is 1.27. The summed E-state index contributed by atoms with van der Waals surface area (Å²) in [6.45, 7) is 4.56. The molecule has 5 aromatic rings. The molecule has 0 saturated carbocycles. The number of nitrogens with one attached hydrogen (secondary N) is 3. The van der Waals surface area contributed by atoms with Gasteiger partial charge in [0.2, 0.25) is 17.7 Å². The van der Waals surface area contributed by atoms with Crippen LogP contribution in [0.4, 0.5) is 25.4 Å². The van der Waals surface area contributed by atoms with Gasteiger partial charge in [0.25, 0.3) is 11.8 Å². The lowest BCUT2D eigenvalue weighted by Gasteiger charge is -2.37. The first-order valence-electron chi connectivity index (χ1n) is 22.0. The highest BCUT2D eigenvalue weighted by Gasteiger charge is 2.42. The van der Waals surface area contributed by atoms with E-state index in [0.29, 0.717) is 98.3 Å². The van der Waals surface area contributed by atoms with Gasteiger partial charge in [0.1, 0.15) is 23.5 Å². The number of aromatic nitrogens is 4. The number of hydrogen-bond donors (Lipinski definition) is 3. The number of imidazole rings is 1. The fraction of sp³-hybridized carbons (Fsp3) is 0.391. The van der Waals surface area contributed by atoms with Crippen molar-refractivity contribution in [1.82, 2.24) is 39.5 Å². The normalized spacial score (nSPS) is 19.6. The Kier molecular flexibility index (Phi) is 11.6. The minimum Gasteiger partial charge on any atom is -0.374 e. The number of fused-ring (bicyclic) bond motifs is 2. The average Bonchev–Trinajstić information content (AvgIpc) is 4.13. The molecule has 3 aromatic heterocycles. The van der Waals surface area contributed by atoms with E-state index in [1.807, 2.05) is 21.6 Å². The number of piperidine rings is 2. The summed E-state index contributed by atoms with van der Waals surface area (Å²) in [5.41, 5.74) is 4.04. The van der Waals surface area contributed by atoms with E-state index in [0.717, 1.165) is 30.9 Å². The Morgan fingerprint density at radius 1 is 0.877 bits per heavy atom. The highest BCUT2D eigenvalue weighted by atomic mass is 32.1. The van der Waals surface area contributed by atoms with Gasteiger partial charge in [0.05, 0.1) is 25.1 Å². The van der Waals surface area contributed by atoms with Crippen molar-refractivity contribution in [2.24, 2.45) is 0 Å². The number of carbonyl (C=O) groups is 5. The number of imide groups is 1. The molecule has 8 heterocycles. The molecule has 336 valence electrons. The third-order valence-electron chi connectivity index (χ3n) is 13.3. The first-order valence-corrected chi connectivity index (χ1v) is 22.9. The van der Waals surface area contributed by atoms with Crippen molar-refractivity contribution in [3.63, 3.8) is 0 Å². The number of piperazine rings is 1. The van der Waals surface area contributed by atoms with Gasteiger partial charge in [-0.3, -0.25) is 39.5 Å². The van der Waals surface area contributed by atoms with E-state index in [1.165, 1.54) is 28.4 Å². The number of aryl methyl sites for hydroxylation is 1. The lowest BCUT2D eigenvalue weighted by Crippen LogP contribution is -2.52. The molecular weight excluding hydrogens is 857 g/mol. The molecule has 3 fully saturated rings. The quantitative estimate of drug-likeness (QED) is 0.157. The van der Waals surface area contributed by atoms with Crippen LogP contribution in [0.1, 0.15) is 76.9 Å². The molecule has 2 aromatic carbocycles. The second-order valence-electron chi connectivity index (χ2n) is 17.2. The van der Waals surface area contributed by atoms with Crippen LogP contribution in [0, 0.1) is 11.6 Å².